The number of fused-ring (bicyclic) bond motifs is 5. The van der Waals surface area contributed by atoms with E-state index in [9.17, 15) is 5.11 Å². The Balaban J connectivity index is 1.64. The van der Waals surface area contributed by atoms with Crippen molar-refractivity contribution in [2.45, 2.75) is 91.0 Å². The molecule has 0 heterocycles. The molecule has 0 aromatic carbocycles. The SMILES string of the molecule is CO/N=C1\C=C2C(C)C[C@@H]3[C@H](CC[C@@]4(C)[C@H]3CC[C@]4(O)/C(CO[Si](C)(C)C)=N/OC)[C@@]2(C)CC1. The largest absolute Gasteiger partial charge is 0.412 e. The molecule has 0 spiro atoms. The maximum absolute atomic E-state index is 12.3. The Morgan fingerprint density at radius 3 is 2.44 bits per heavy atom. The van der Waals surface area contributed by atoms with Gasteiger partial charge in [-0.25, -0.2) is 0 Å². The van der Waals surface area contributed by atoms with Crippen LogP contribution in [0.15, 0.2) is 22.0 Å². The third kappa shape index (κ3) is 4.09. The van der Waals surface area contributed by atoms with E-state index < -0.39 is 13.9 Å². The second-order valence-corrected chi connectivity index (χ2v) is 17.3. The van der Waals surface area contributed by atoms with Crippen molar-refractivity contribution in [1.82, 2.24) is 0 Å². The van der Waals surface area contributed by atoms with Crippen molar-refractivity contribution in [3.05, 3.63) is 11.6 Å². The van der Waals surface area contributed by atoms with Crippen molar-refractivity contribution >= 4 is 19.7 Å². The van der Waals surface area contributed by atoms with Gasteiger partial charge in [-0.1, -0.05) is 36.7 Å². The van der Waals surface area contributed by atoms with Crippen LogP contribution in [0.2, 0.25) is 19.6 Å². The van der Waals surface area contributed by atoms with E-state index in [4.69, 9.17) is 14.1 Å². The Hall–Kier alpha value is -1.18. The summed E-state index contributed by atoms with van der Waals surface area (Å²) in [5.74, 6) is 2.28. The van der Waals surface area contributed by atoms with E-state index in [1.54, 1.807) is 19.8 Å². The Labute approximate surface area is 207 Å². The van der Waals surface area contributed by atoms with Crippen molar-refractivity contribution in [3.63, 3.8) is 0 Å². The van der Waals surface area contributed by atoms with Crippen LogP contribution < -0.4 is 0 Å². The predicted octanol–water partition coefficient (Wildman–Crippen LogP) is 5.78. The lowest BCUT2D eigenvalue weighted by molar-refractivity contribution is -0.102. The van der Waals surface area contributed by atoms with Crippen LogP contribution in [0.4, 0.5) is 0 Å². The van der Waals surface area contributed by atoms with E-state index in [0.29, 0.717) is 36.0 Å². The molecule has 4 aliphatic carbocycles. The zero-order valence-electron chi connectivity index (χ0n) is 22.6. The fraction of sp³-hybridized carbons (Fsp3) is 0.852. The van der Waals surface area contributed by atoms with Crippen LogP contribution in [-0.2, 0) is 14.1 Å². The summed E-state index contributed by atoms with van der Waals surface area (Å²) in [5.41, 5.74) is 2.37. The lowest BCUT2D eigenvalue weighted by Gasteiger charge is -2.60. The smallest absolute Gasteiger partial charge is 0.184 e. The van der Waals surface area contributed by atoms with Gasteiger partial charge in [0.1, 0.15) is 25.5 Å². The molecular formula is C27H46N2O4Si. The maximum Gasteiger partial charge on any atom is 0.184 e. The zero-order chi connectivity index (χ0) is 24.9. The molecular weight excluding hydrogens is 444 g/mol. The van der Waals surface area contributed by atoms with Gasteiger partial charge in [-0.05, 0) is 99.7 Å². The number of aliphatic hydroxyl groups is 1. The van der Waals surface area contributed by atoms with Crippen LogP contribution in [0, 0.1) is 34.5 Å². The van der Waals surface area contributed by atoms with E-state index in [1.807, 2.05) is 0 Å². The second kappa shape index (κ2) is 9.04. The normalized spacial score (nSPS) is 43.6. The molecule has 0 bridgehead atoms. The summed E-state index contributed by atoms with van der Waals surface area (Å²) in [6, 6.07) is 0. The number of hydrogen-bond donors (Lipinski definition) is 1. The van der Waals surface area contributed by atoms with Gasteiger partial charge < -0.3 is 19.2 Å². The summed E-state index contributed by atoms with van der Waals surface area (Å²) in [5, 5.41) is 20.9. The topological polar surface area (TPSA) is 72.6 Å². The molecule has 7 atom stereocenters. The molecule has 4 aliphatic rings. The third-order valence-electron chi connectivity index (χ3n) is 9.98. The van der Waals surface area contributed by atoms with Gasteiger partial charge in [-0.2, -0.15) is 0 Å². The number of allylic oxidation sites excluding steroid dienone is 2. The van der Waals surface area contributed by atoms with Crippen LogP contribution in [0.3, 0.4) is 0 Å². The highest BCUT2D eigenvalue weighted by atomic mass is 28.4. The van der Waals surface area contributed by atoms with Gasteiger partial charge in [0.2, 0.25) is 0 Å². The van der Waals surface area contributed by atoms with Crippen molar-refractivity contribution in [1.29, 1.82) is 0 Å². The second-order valence-electron chi connectivity index (χ2n) is 12.8. The number of oxime groups is 2. The third-order valence-corrected chi connectivity index (χ3v) is 11.0. The fourth-order valence-electron chi connectivity index (χ4n) is 8.29. The minimum atomic E-state index is -1.75. The molecule has 1 unspecified atom stereocenters. The van der Waals surface area contributed by atoms with Crippen LogP contribution in [0.5, 0.6) is 0 Å². The van der Waals surface area contributed by atoms with E-state index >= 15 is 0 Å². The summed E-state index contributed by atoms with van der Waals surface area (Å²) in [4.78, 5) is 10.3. The summed E-state index contributed by atoms with van der Waals surface area (Å²) in [6.45, 7) is 14.1. The van der Waals surface area contributed by atoms with Crippen molar-refractivity contribution in [3.8, 4) is 0 Å². The average molecular weight is 491 g/mol. The minimum absolute atomic E-state index is 0.205. The first-order valence-corrected chi connectivity index (χ1v) is 16.6. The maximum atomic E-state index is 12.3. The molecule has 6 nitrogen and oxygen atoms in total. The van der Waals surface area contributed by atoms with E-state index in [0.717, 1.165) is 44.2 Å². The molecule has 0 amide bonds. The first kappa shape index (κ1) is 25.9. The van der Waals surface area contributed by atoms with Gasteiger partial charge >= 0.3 is 0 Å². The fourth-order valence-corrected chi connectivity index (χ4v) is 8.86. The lowest BCUT2D eigenvalue weighted by atomic mass is 9.44. The standard InChI is InChI=1S/C27H46N2O4Si/c1-18-15-20-21(25(2)12-9-19(28-31-4)16-23(18)25)10-13-26(3)22(20)11-14-27(26,30)24(29-32-5)17-33-34(6,7)8/h16,18,20-22,30H,9-15,17H2,1-8H3/b28-19-,29-24+/t18?,20-,21+,22+,25-,26+,27+/m1/s1. The summed E-state index contributed by atoms with van der Waals surface area (Å²) in [6.07, 6.45) is 9.59. The Bertz CT molecular complexity index is 880. The molecule has 1 N–H and O–H groups in total. The van der Waals surface area contributed by atoms with Crippen molar-refractivity contribution < 1.29 is 19.2 Å². The minimum Gasteiger partial charge on any atom is -0.412 e. The Kier molecular flexibility index (Phi) is 6.88. The molecule has 0 saturated heterocycles. The van der Waals surface area contributed by atoms with Gasteiger partial charge in [-0.3, -0.25) is 0 Å². The Morgan fingerprint density at radius 1 is 1.09 bits per heavy atom. The van der Waals surface area contributed by atoms with E-state index in [-0.39, 0.29) is 10.8 Å². The molecule has 0 radical (unpaired) electrons. The van der Waals surface area contributed by atoms with Gasteiger partial charge in [0.15, 0.2) is 8.32 Å². The van der Waals surface area contributed by atoms with Crippen LogP contribution >= 0.6 is 0 Å². The lowest BCUT2D eigenvalue weighted by Crippen LogP contribution is -2.59. The van der Waals surface area contributed by atoms with E-state index in [1.165, 1.54) is 6.42 Å². The monoisotopic (exact) mass is 490 g/mol. The van der Waals surface area contributed by atoms with Crippen molar-refractivity contribution in [2.24, 2.45) is 44.8 Å². The summed E-state index contributed by atoms with van der Waals surface area (Å²) < 4.78 is 6.23. The molecule has 0 aromatic heterocycles. The summed E-state index contributed by atoms with van der Waals surface area (Å²) >= 11 is 0. The summed E-state index contributed by atoms with van der Waals surface area (Å²) in [7, 11) is 1.46. The number of nitrogens with zero attached hydrogens (tertiary/aromatic N) is 2. The highest BCUT2D eigenvalue weighted by Crippen LogP contribution is 2.68. The van der Waals surface area contributed by atoms with Gasteiger partial charge in [0.25, 0.3) is 0 Å². The molecule has 0 aliphatic heterocycles. The molecule has 7 heteroatoms. The first-order chi connectivity index (χ1) is 15.9. The number of rotatable bonds is 6. The van der Waals surface area contributed by atoms with Crippen molar-refractivity contribution in [2.75, 3.05) is 20.8 Å². The van der Waals surface area contributed by atoms with Crippen LogP contribution in [0.1, 0.15) is 65.7 Å². The van der Waals surface area contributed by atoms with Gasteiger partial charge in [0, 0.05) is 5.41 Å². The predicted molar refractivity (Wildman–Crippen MR) is 139 cm³/mol. The van der Waals surface area contributed by atoms with E-state index in [2.05, 4.69) is 56.8 Å². The van der Waals surface area contributed by atoms with Gasteiger partial charge in [0.05, 0.1) is 12.3 Å². The van der Waals surface area contributed by atoms with Crippen LogP contribution in [-0.4, -0.2) is 51.3 Å². The molecule has 3 fully saturated rings. The quantitative estimate of drug-likeness (QED) is 0.291. The van der Waals surface area contributed by atoms with Gasteiger partial charge in [-0.15, -0.1) is 0 Å². The Morgan fingerprint density at radius 2 is 1.79 bits per heavy atom. The highest BCUT2D eigenvalue weighted by Gasteiger charge is 2.66. The molecule has 4 rings (SSSR count). The zero-order valence-corrected chi connectivity index (χ0v) is 23.6. The van der Waals surface area contributed by atoms with Crippen LogP contribution in [0.25, 0.3) is 0 Å². The molecule has 34 heavy (non-hydrogen) atoms. The highest BCUT2D eigenvalue weighted by molar-refractivity contribution is 6.69. The average Bonchev–Trinajstić information content (AvgIpc) is 3.03. The molecule has 3 saturated carbocycles. The first-order valence-electron chi connectivity index (χ1n) is 13.2. The molecule has 0 aromatic rings. The number of hydrogen-bond acceptors (Lipinski definition) is 6. The molecule has 192 valence electrons.